The van der Waals surface area contributed by atoms with Crippen molar-refractivity contribution in [3.05, 3.63) is 62.6 Å². The first-order chi connectivity index (χ1) is 14.2. The number of hydrogen-bond acceptors (Lipinski definition) is 5. The lowest BCUT2D eigenvalue weighted by atomic mass is 9.49. The van der Waals surface area contributed by atoms with E-state index in [4.69, 9.17) is 10.5 Å². The van der Waals surface area contributed by atoms with Crippen LogP contribution in [0, 0.1) is 0 Å². The minimum absolute atomic E-state index is 0.0211. The van der Waals surface area contributed by atoms with Crippen molar-refractivity contribution in [3.63, 3.8) is 0 Å². The highest BCUT2D eigenvalue weighted by Gasteiger charge is 2.64. The van der Waals surface area contributed by atoms with E-state index in [-0.39, 0.29) is 17.2 Å². The molecular weight excluding hydrogens is 382 g/mol. The number of carbonyl (C=O) groups is 1. The van der Waals surface area contributed by atoms with Gasteiger partial charge in [0.05, 0.1) is 12.7 Å². The number of carbonyl (C=O) groups excluding carboxylic acids is 1. The van der Waals surface area contributed by atoms with Crippen LogP contribution < -0.4 is 16.0 Å². The Balaban J connectivity index is 1.79. The number of likely N-dealkylation sites (N-methyl/N-ethyl adjacent to an activating group) is 1. The van der Waals surface area contributed by atoms with E-state index in [1.54, 1.807) is 24.8 Å². The molecule has 0 saturated carbocycles. The highest BCUT2D eigenvalue weighted by Crippen LogP contribution is 2.56. The van der Waals surface area contributed by atoms with Crippen molar-refractivity contribution in [1.29, 1.82) is 0 Å². The molecule has 5 rings (SSSR count). The number of benzene rings is 1. The summed E-state index contributed by atoms with van der Waals surface area (Å²) in [6, 6.07) is 7.69. The third kappa shape index (κ3) is 2.27. The quantitative estimate of drug-likeness (QED) is 0.754. The lowest BCUT2D eigenvalue weighted by Crippen LogP contribution is -2.73. The van der Waals surface area contributed by atoms with Crippen molar-refractivity contribution < 1.29 is 14.6 Å². The van der Waals surface area contributed by atoms with Crippen molar-refractivity contribution in [2.75, 3.05) is 20.7 Å². The average Bonchev–Trinajstić information content (AvgIpc) is 2.71. The Bertz CT molecular complexity index is 1140. The summed E-state index contributed by atoms with van der Waals surface area (Å²) < 4.78 is 7.05. The summed E-state index contributed by atoms with van der Waals surface area (Å²) in [4.78, 5) is 26.8. The summed E-state index contributed by atoms with van der Waals surface area (Å²) in [5, 5.41) is 12.3. The number of amides is 1. The molecule has 3 N–H and O–H groups in total. The molecule has 0 unspecified atom stereocenters. The summed E-state index contributed by atoms with van der Waals surface area (Å²) in [5.74, 6) is 0.0355. The number of likely N-dealkylation sites (tertiary alicyclic amines) is 1. The Morgan fingerprint density at radius 1 is 1.23 bits per heavy atom. The molecule has 3 atom stereocenters. The number of ether oxygens (including phenoxy) is 1. The Labute approximate surface area is 175 Å². The summed E-state index contributed by atoms with van der Waals surface area (Å²) >= 11 is 0. The molecule has 1 saturated heterocycles. The first-order valence-corrected chi connectivity index (χ1v) is 10.3. The van der Waals surface area contributed by atoms with Gasteiger partial charge in [0.25, 0.3) is 11.5 Å². The molecule has 1 amide bonds. The molecule has 0 radical (unpaired) electrons. The molecular formula is C23H27N3O4. The standard InChI is InChI=1S/C23H27N3O4/c1-25-7-6-22-12-18-14(8-16(20(24)27)21(28)26(18)2)11-23(22,29)19(25)9-13-4-5-15(30-3)10-17(13)22/h4-5,8,10,19,29H,6-7,9,11-12H2,1-3H3,(H2,24,27)/t19-,22-,23-/m1/s1. The van der Waals surface area contributed by atoms with Gasteiger partial charge < -0.3 is 25.0 Å². The molecule has 7 nitrogen and oxygen atoms in total. The minimum atomic E-state index is -1.02. The zero-order valence-electron chi connectivity index (χ0n) is 17.6. The molecule has 30 heavy (non-hydrogen) atoms. The molecule has 2 aliphatic carbocycles. The maximum absolute atomic E-state index is 12.8. The Morgan fingerprint density at radius 2 is 2.00 bits per heavy atom. The van der Waals surface area contributed by atoms with Crippen molar-refractivity contribution >= 4 is 5.91 Å². The van der Waals surface area contributed by atoms with E-state index in [0.717, 1.165) is 42.0 Å². The summed E-state index contributed by atoms with van der Waals surface area (Å²) in [7, 11) is 5.40. The number of rotatable bonds is 2. The molecule has 1 aromatic carbocycles. The normalized spacial score (nSPS) is 29.5. The maximum Gasteiger partial charge on any atom is 0.263 e. The summed E-state index contributed by atoms with van der Waals surface area (Å²) in [6.07, 6.45) is 2.44. The van der Waals surface area contributed by atoms with E-state index >= 15 is 0 Å². The first kappa shape index (κ1) is 19.3. The highest BCUT2D eigenvalue weighted by molar-refractivity contribution is 5.92. The topological polar surface area (TPSA) is 97.8 Å². The van der Waals surface area contributed by atoms with Gasteiger partial charge in [-0.05, 0) is 61.3 Å². The molecule has 2 bridgehead atoms. The van der Waals surface area contributed by atoms with E-state index < -0.39 is 16.9 Å². The predicted octanol–water partition coefficient (Wildman–Crippen LogP) is 0.521. The van der Waals surface area contributed by atoms with Gasteiger partial charge >= 0.3 is 0 Å². The number of aliphatic hydroxyl groups is 1. The fourth-order valence-corrected chi connectivity index (χ4v) is 6.23. The van der Waals surface area contributed by atoms with E-state index in [9.17, 15) is 14.7 Å². The molecule has 1 aliphatic heterocycles. The minimum Gasteiger partial charge on any atom is -0.497 e. The first-order valence-electron chi connectivity index (χ1n) is 10.3. The van der Waals surface area contributed by atoms with Gasteiger partial charge in [-0.2, -0.15) is 0 Å². The third-order valence-corrected chi connectivity index (χ3v) is 7.87. The number of methoxy groups -OCH3 is 1. The molecule has 1 aromatic heterocycles. The molecule has 1 fully saturated rings. The fourth-order valence-electron chi connectivity index (χ4n) is 6.23. The number of pyridine rings is 1. The van der Waals surface area contributed by atoms with Crippen molar-refractivity contribution in [2.24, 2.45) is 12.8 Å². The van der Waals surface area contributed by atoms with Crippen molar-refractivity contribution in [2.45, 2.75) is 42.7 Å². The van der Waals surface area contributed by atoms with E-state index in [1.807, 2.05) is 6.07 Å². The van der Waals surface area contributed by atoms with Gasteiger partial charge in [0, 0.05) is 37.0 Å². The van der Waals surface area contributed by atoms with E-state index in [2.05, 4.69) is 24.1 Å². The smallest absolute Gasteiger partial charge is 0.263 e. The van der Waals surface area contributed by atoms with Crippen LogP contribution in [0.2, 0.25) is 0 Å². The zero-order valence-corrected chi connectivity index (χ0v) is 17.6. The highest BCUT2D eigenvalue weighted by atomic mass is 16.5. The van der Waals surface area contributed by atoms with Crippen LogP contribution in [0.15, 0.2) is 29.1 Å². The van der Waals surface area contributed by atoms with Gasteiger partial charge in [0.2, 0.25) is 0 Å². The van der Waals surface area contributed by atoms with E-state index in [0.29, 0.717) is 12.8 Å². The molecule has 0 spiro atoms. The van der Waals surface area contributed by atoms with Crippen LogP contribution in [-0.2, 0) is 31.7 Å². The van der Waals surface area contributed by atoms with Gasteiger partial charge in [0.15, 0.2) is 0 Å². The lowest BCUT2D eigenvalue weighted by Gasteiger charge is -2.63. The molecule has 3 aliphatic rings. The molecule has 2 heterocycles. The number of nitrogens with two attached hydrogens (primary N) is 1. The maximum atomic E-state index is 12.8. The second kappa shape index (κ2) is 6.18. The molecule has 7 heteroatoms. The second-order valence-electron chi connectivity index (χ2n) is 9.09. The Hall–Kier alpha value is -2.64. The number of piperidine rings is 1. The van der Waals surface area contributed by atoms with Crippen LogP contribution in [-0.4, -0.2) is 52.8 Å². The third-order valence-electron chi connectivity index (χ3n) is 7.87. The number of hydrogen-bond donors (Lipinski definition) is 2. The van der Waals surface area contributed by atoms with E-state index in [1.165, 1.54) is 5.56 Å². The van der Waals surface area contributed by atoms with Crippen LogP contribution >= 0.6 is 0 Å². The molecule has 158 valence electrons. The number of nitrogens with zero attached hydrogens (tertiary/aromatic N) is 2. The SMILES string of the molecule is COc1ccc2c(c1)[C@]13CCN(C)[C@H](C2)[C@]1(O)Cc1cc(C(N)=O)c(=O)n(C)c1C3. The second-order valence-corrected chi connectivity index (χ2v) is 9.09. The van der Waals surface area contributed by atoms with Gasteiger partial charge in [-0.25, -0.2) is 0 Å². The van der Waals surface area contributed by atoms with Gasteiger partial charge in [0.1, 0.15) is 11.3 Å². The number of fused-ring (bicyclic) bond motifs is 2. The van der Waals surface area contributed by atoms with Crippen LogP contribution in [0.3, 0.4) is 0 Å². The van der Waals surface area contributed by atoms with Crippen LogP contribution in [0.4, 0.5) is 0 Å². The zero-order chi connectivity index (χ0) is 21.4. The Morgan fingerprint density at radius 3 is 2.70 bits per heavy atom. The van der Waals surface area contributed by atoms with Gasteiger partial charge in [-0.1, -0.05) is 6.07 Å². The van der Waals surface area contributed by atoms with Crippen LogP contribution in [0.1, 0.15) is 39.2 Å². The average molecular weight is 409 g/mol. The fraction of sp³-hybridized carbons (Fsp3) is 0.478. The lowest BCUT2D eigenvalue weighted by molar-refractivity contribution is -0.145. The summed E-state index contributed by atoms with van der Waals surface area (Å²) in [6.45, 7) is 0.867. The van der Waals surface area contributed by atoms with Crippen molar-refractivity contribution in [3.8, 4) is 5.75 Å². The predicted molar refractivity (Wildman–Crippen MR) is 112 cm³/mol. The van der Waals surface area contributed by atoms with Crippen molar-refractivity contribution in [1.82, 2.24) is 9.47 Å². The number of primary amides is 1. The van der Waals surface area contributed by atoms with Gasteiger partial charge in [-0.3, -0.25) is 9.59 Å². The molecule has 2 aromatic rings. The number of aromatic nitrogens is 1. The summed E-state index contributed by atoms with van der Waals surface area (Å²) in [5.41, 5.74) is 7.56. The largest absolute Gasteiger partial charge is 0.497 e. The van der Waals surface area contributed by atoms with Gasteiger partial charge in [-0.15, -0.1) is 0 Å². The van der Waals surface area contributed by atoms with Crippen LogP contribution in [0.5, 0.6) is 5.75 Å². The van der Waals surface area contributed by atoms with Crippen LogP contribution in [0.25, 0.3) is 0 Å². The Kier molecular flexibility index (Phi) is 3.98. The monoisotopic (exact) mass is 409 g/mol.